The molecule has 6 nitrogen and oxygen atoms in total. The van der Waals surface area contributed by atoms with Crippen molar-refractivity contribution in [2.24, 2.45) is 0 Å². The molecule has 0 bridgehead atoms. The van der Waals surface area contributed by atoms with Crippen molar-refractivity contribution in [1.82, 2.24) is 29.3 Å². The van der Waals surface area contributed by atoms with Gasteiger partial charge in [-0.25, -0.2) is 19.9 Å². The van der Waals surface area contributed by atoms with Crippen molar-refractivity contribution < 1.29 is 0 Å². The molecule has 0 amide bonds. The average molecular weight is 322 g/mol. The second kappa shape index (κ2) is 6.78. The molecule has 4 aromatic rings. The van der Waals surface area contributed by atoms with Crippen LogP contribution in [-0.4, -0.2) is 29.3 Å². The standard InChI is InChI=1S/2C9H11N3/c1-6(2)8-7-3-4-10-9(7)12-5-11-8;1-7(2)9-11-6-10-8-4-3-5-12(8)9/h3-6H,1-2H3,(H,10,11,12);3-7H,1-2H3. The maximum absolute atomic E-state index is 4.25. The normalized spacial score (nSPS) is 11.2. The molecule has 4 rings (SSSR count). The molecule has 0 saturated heterocycles. The topological polar surface area (TPSA) is 71.8 Å². The van der Waals surface area contributed by atoms with Crippen LogP contribution >= 0.6 is 0 Å². The summed E-state index contributed by atoms with van der Waals surface area (Å²) in [5.74, 6) is 1.94. The predicted molar refractivity (Wildman–Crippen MR) is 95.1 cm³/mol. The minimum atomic E-state index is 0.433. The third-order valence-corrected chi connectivity index (χ3v) is 3.80. The Bertz CT molecular complexity index is 857. The Morgan fingerprint density at radius 3 is 2.46 bits per heavy atom. The lowest BCUT2D eigenvalue weighted by molar-refractivity contribution is 0.743. The number of H-pyrrole nitrogens is 1. The van der Waals surface area contributed by atoms with Gasteiger partial charge < -0.3 is 4.98 Å². The summed E-state index contributed by atoms with van der Waals surface area (Å²) in [5, 5.41) is 1.13. The van der Waals surface area contributed by atoms with Gasteiger partial charge in [0.25, 0.3) is 0 Å². The molecule has 0 aliphatic carbocycles. The molecule has 0 aliphatic heterocycles. The van der Waals surface area contributed by atoms with Crippen molar-refractivity contribution in [3.05, 3.63) is 54.8 Å². The minimum Gasteiger partial charge on any atom is -0.346 e. The first kappa shape index (κ1) is 16.1. The van der Waals surface area contributed by atoms with E-state index >= 15 is 0 Å². The molecule has 0 aromatic carbocycles. The summed E-state index contributed by atoms with van der Waals surface area (Å²) < 4.78 is 2.02. The molecule has 0 atom stereocenters. The van der Waals surface area contributed by atoms with Gasteiger partial charge in [-0.05, 0) is 24.1 Å². The molecule has 0 fully saturated rings. The number of nitrogens with one attached hydrogen (secondary N) is 1. The van der Waals surface area contributed by atoms with E-state index in [-0.39, 0.29) is 0 Å². The lowest BCUT2D eigenvalue weighted by Crippen LogP contribution is -2.02. The number of aromatic nitrogens is 6. The number of hydrogen-bond acceptors (Lipinski definition) is 4. The quantitative estimate of drug-likeness (QED) is 0.607. The zero-order valence-electron chi connectivity index (χ0n) is 14.4. The first-order valence-corrected chi connectivity index (χ1v) is 8.14. The van der Waals surface area contributed by atoms with Crippen LogP contribution in [0.5, 0.6) is 0 Å². The van der Waals surface area contributed by atoms with Crippen LogP contribution in [0.15, 0.2) is 43.2 Å². The molecule has 1 N–H and O–H groups in total. The van der Waals surface area contributed by atoms with Gasteiger partial charge in [-0.2, -0.15) is 0 Å². The fourth-order valence-corrected chi connectivity index (χ4v) is 2.66. The molecule has 0 spiro atoms. The number of fused-ring (bicyclic) bond motifs is 2. The number of aromatic amines is 1. The zero-order chi connectivity index (χ0) is 17.1. The first-order valence-electron chi connectivity index (χ1n) is 8.14. The van der Waals surface area contributed by atoms with Crippen molar-refractivity contribution in [2.75, 3.05) is 0 Å². The SMILES string of the molecule is CC(C)c1ncnc2[nH]ccc12.CC(C)c1ncnc2cccn12. The van der Waals surface area contributed by atoms with Crippen molar-refractivity contribution >= 4 is 16.7 Å². The van der Waals surface area contributed by atoms with Gasteiger partial charge in [0.15, 0.2) is 0 Å². The van der Waals surface area contributed by atoms with E-state index in [0.29, 0.717) is 11.8 Å². The molecule has 0 radical (unpaired) electrons. The molecule has 4 heterocycles. The summed E-state index contributed by atoms with van der Waals surface area (Å²) in [5.41, 5.74) is 3.00. The Labute approximate surface area is 141 Å². The average Bonchev–Trinajstić information content (AvgIpc) is 3.23. The monoisotopic (exact) mass is 322 g/mol. The lowest BCUT2D eigenvalue weighted by Gasteiger charge is -2.06. The molecule has 4 aromatic heterocycles. The van der Waals surface area contributed by atoms with Gasteiger partial charge in [0.1, 0.15) is 29.8 Å². The predicted octanol–water partition coefficient (Wildman–Crippen LogP) is 3.93. The van der Waals surface area contributed by atoms with E-state index in [1.54, 1.807) is 12.7 Å². The molecule has 24 heavy (non-hydrogen) atoms. The summed E-state index contributed by atoms with van der Waals surface area (Å²) >= 11 is 0. The second-order valence-corrected chi connectivity index (χ2v) is 6.28. The van der Waals surface area contributed by atoms with E-state index in [0.717, 1.165) is 28.2 Å². The van der Waals surface area contributed by atoms with Crippen molar-refractivity contribution in [2.45, 2.75) is 39.5 Å². The Morgan fingerprint density at radius 2 is 1.71 bits per heavy atom. The highest BCUT2D eigenvalue weighted by molar-refractivity contribution is 5.78. The van der Waals surface area contributed by atoms with Crippen LogP contribution in [0.2, 0.25) is 0 Å². The summed E-state index contributed by atoms with van der Waals surface area (Å²) in [7, 11) is 0. The van der Waals surface area contributed by atoms with Crippen LogP contribution in [0.3, 0.4) is 0 Å². The van der Waals surface area contributed by atoms with Gasteiger partial charge in [-0.3, -0.25) is 4.40 Å². The van der Waals surface area contributed by atoms with Crippen LogP contribution in [0.1, 0.15) is 51.0 Å². The highest BCUT2D eigenvalue weighted by atomic mass is 15.1. The lowest BCUT2D eigenvalue weighted by atomic mass is 10.1. The fraction of sp³-hybridized carbons (Fsp3) is 0.333. The fourth-order valence-electron chi connectivity index (χ4n) is 2.66. The van der Waals surface area contributed by atoms with Crippen LogP contribution in [0.25, 0.3) is 16.7 Å². The van der Waals surface area contributed by atoms with Crippen LogP contribution < -0.4 is 0 Å². The largest absolute Gasteiger partial charge is 0.346 e. The third-order valence-electron chi connectivity index (χ3n) is 3.80. The van der Waals surface area contributed by atoms with Gasteiger partial charge in [-0.1, -0.05) is 27.7 Å². The molecule has 124 valence electrons. The molecule has 0 unspecified atom stereocenters. The van der Waals surface area contributed by atoms with Crippen LogP contribution in [0, 0.1) is 0 Å². The summed E-state index contributed by atoms with van der Waals surface area (Å²) in [6.45, 7) is 8.52. The number of rotatable bonds is 2. The van der Waals surface area contributed by atoms with Crippen molar-refractivity contribution in [3.8, 4) is 0 Å². The summed E-state index contributed by atoms with van der Waals surface area (Å²) in [6.07, 6.45) is 7.11. The van der Waals surface area contributed by atoms with E-state index in [9.17, 15) is 0 Å². The summed E-state index contributed by atoms with van der Waals surface area (Å²) in [4.78, 5) is 19.8. The Kier molecular flexibility index (Phi) is 4.55. The number of hydrogen-bond donors (Lipinski definition) is 1. The Hall–Kier alpha value is -2.76. The van der Waals surface area contributed by atoms with E-state index in [2.05, 4.69) is 52.6 Å². The third kappa shape index (κ3) is 3.13. The molecular weight excluding hydrogens is 300 g/mol. The maximum Gasteiger partial charge on any atom is 0.140 e. The first-order chi connectivity index (χ1) is 11.6. The highest BCUT2D eigenvalue weighted by Crippen LogP contribution is 2.20. The minimum absolute atomic E-state index is 0.433. The van der Waals surface area contributed by atoms with E-state index in [4.69, 9.17) is 0 Å². The molecule has 6 heteroatoms. The van der Waals surface area contributed by atoms with E-state index in [1.807, 2.05) is 35.0 Å². The molecule has 0 aliphatic rings. The Balaban J connectivity index is 0.000000141. The summed E-state index contributed by atoms with van der Waals surface area (Å²) in [6, 6.07) is 5.98. The van der Waals surface area contributed by atoms with Gasteiger partial charge >= 0.3 is 0 Å². The zero-order valence-corrected chi connectivity index (χ0v) is 14.4. The van der Waals surface area contributed by atoms with Gasteiger partial charge in [-0.15, -0.1) is 0 Å². The van der Waals surface area contributed by atoms with Crippen LogP contribution in [-0.2, 0) is 0 Å². The van der Waals surface area contributed by atoms with E-state index < -0.39 is 0 Å². The van der Waals surface area contributed by atoms with Gasteiger partial charge in [0, 0.05) is 23.7 Å². The van der Waals surface area contributed by atoms with Crippen LogP contribution in [0.4, 0.5) is 0 Å². The highest BCUT2D eigenvalue weighted by Gasteiger charge is 2.07. The second-order valence-electron chi connectivity index (χ2n) is 6.28. The van der Waals surface area contributed by atoms with Crippen molar-refractivity contribution in [3.63, 3.8) is 0 Å². The van der Waals surface area contributed by atoms with Gasteiger partial charge in [0.2, 0.25) is 0 Å². The molecular formula is C18H22N6. The smallest absolute Gasteiger partial charge is 0.140 e. The maximum atomic E-state index is 4.25. The number of nitrogens with zero attached hydrogens (tertiary/aromatic N) is 5. The Morgan fingerprint density at radius 1 is 0.917 bits per heavy atom. The van der Waals surface area contributed by atoms with Gasteiger partial charge in [0.05, 0.1) is 5.69 Å². The van der Waals surface area contributed by atoms with Crippen molar-refractivity contribution in [1.29, 1.82) is 0 Å². The molecule has 0 saturated carbocycles. The van der Waals surface area contributed by atoms with E-state index in [1.165, 1.54) is 0 Å².